The molecule has 0 aliphatic carbocycles. The van der Waals surface area contributed by atoms with E-state index in [1.165, 1.54) is 0 Å². The van der Waals surface area contributed by atoms with E-state index in [9.17, 15) is 0 Å². The molecule has 0 unspecified atom stereocenters. The number of aromatic amines is 1. The van der Waals surface area contributed by atoms with Crippen molar-refractivity contribution in [2.24, 2.45) is 0 Å². The predicted molar refractivity (Wildman–Crippen MR) is 57.9 cm³/mol. The molecular formula is C11H9N3O. The third-order valence-corrected chi connectivity index (χ3v) is 2.52. The second-order valence-corrected chi connectivity index (χ2v) is 3.35. The summed E-state index contributed by atoms with van der Waals surface area (Å²) in [6.45, 7) is 0. The van der Waals surface area contributed by atoms with Crippen molar-refractivity contribution in [2.45, 2.75) is 0 Å². The molecule has 3 aromatic rings. The first-order valence-corrected chi connectivity index (χ1v) is 4.64. The van der Waals surface area contributed by atoms with Crippen molar-refractivity contribution >= 4 is 21.8 Å². The van der Waals surface area contributed by atoms with E-state index >= 15 is 0 Å². The number of nitrogens with one attached hydrogen (secondary N) is 1. The highest BCUT2D eigenvalue weighted by molar-refractivity contribution is 6.06. The van der Waals surface area contributed by atoms with Gasteiger partial charge in [0.15, 0.2) is 0 Å². The second kappa shape index (κ2) is 2.95. The van der Waals surface area contributed by atoms with Crippen molar-refractivity contribution in [1.29, 1.82) is 0 Å². The third-order valence-electron chi connectivity index (χ3n) is 2.52. The van der Waals surface area contributed by atoms with Gasteiger partial charge in [0.2, 0.25) is 0 Å². The summed E-state index contributed by atoms with van der Waals surface area (Å²) in [5, 5.41) is 9.94. The number of nitrogens with zero attached hydrogens (tertiary/aromatic N) is 2. The Hall–Kier alpha value is -2.10. The zero-order valence-corrected chi connectivity index (χ0v) is 8.19. The molecule has 3 rings (SSSR count). The van der Waals surface area contributed by atoms with Crippen LogP contribution in [0.15, 0.2) is 30.6 Å². The molecule has 0 saturated carbocycles. The molecule has 2 aromatic heterocycles. The van der Waals surface area contributed by atoms with Crippen LogP contribution < -0.4 is 4.74 Å². The Labute approximate surface area is 85.9 Å². The molecule has 0 bridgehead atoms. The summed E-state index contributed by atoms with van der Waals surface area (Å²) in [4.78, 5) is 3.27. The van der Waals surface area contributed by atoms with Crippen LogP contribution in [0, 0.1) is 0 Å². The van der Waals surface area contributed by atoms with Gasteiger partial charge in [0.1, 0.15) is 5.75 Å². The van der Waals surface area contributed by atoms with Crippen LogP contribution in [0.4, 0.5) is 0 Å². The highest BCUT2D eigenvalue weighted by atomic mass is 16.5. The zero-order chi connectivity index (χ0) is 10.3. The Morgan fingerprint density at radius 2 is 1.93 bits per heavy atom. The second-order valence-electron chi connectivity index (χ2n) is 3.35. The van der Waals surface area contributed by atoms with Crippen LogP contribution in [-0.2, 0) is 0 Å². The van der Waals surface area contributed by atoms with E-state index in [1.54, 1.807) is 19.5 Å². The van der Waals surface area contributed by atoms with E-state index < -0.39 is 0 Å². The molecule has 15 heavy (non-hydrogen) atoms. The number of fused-ring (bicyclic) bond motifs is 3. The maximum atomic E-state index is 5.17. The van der Waals surface area contributed by atoms with Gasteiger partial charge >= 0.3 is 0 Å². The molecular weight excluding hydrogens is 190 g/mol. The number of benzene rings is 1. The van der Waals surface area contributed by atoms with E-state index in [-0.39, 0.29) is 0 Å². The highest BCUT2D eigenvalue weighted by Gasteiger charge is 2.04. The average molecular weight is 199 g/mol. The van der Waals surface area contributed by atoms with Gasteiger partial charge in [-0.3, -0.25) is 0 Å². The first-order chi connectivity index (χ1) is 7.38. The molecule has 0 spiro atoms. The quantitative estimate of drug-likeness (QED) is 0.653. The molecule has 2 heterocycles. The lowest BCUT2D eigenvalue weighted by atomic mass is 10.2. The number of H-pyrrole nitrogens is 1. The highest BCUT2D eigenvalue weighted by Crippen LogP contribution is 2.26. The first-order valence-electron chi connectivity index (χ1n) is 4.64. The van der Waals surface area contributed by atoms with Crippen molar-refractivity contribution in [3.8, 4) is 5.75 Å². The lowest BCUT2D eigenvalue weighted by Gasteiger charge is -1.97. The fraction of sp³-hybridized carbons (Fsp3) is 0.0909. The Kier molecular flexibility index (Phi) is 1.62. The number of hydrogen-bond acceptors (Lipinski definition) is 3. The Balaban J connectivity index is 2.43. The summed E-state index contributed by atoms with van der Waals surface area (Å²) in [7, 11) is 1.66. The lowest BCUT2D eigenvalue weighted by molar-refractivity contribution is 0.415. The van der Waals surface area contributed by atoms with E-state index in [4.69, 9.17) is 4.74 Å². The Morgan fingerprint density at radius 1 is 1.07 bits per heavy atom. The molecule has 0 fully saturated rings. The Morgan fingerprint density at radius 3 is 2.80 bits per heavy atom. The van der Waals surface area contributed by atoms with Crippen LogP contribution in [0.25, 0.3) is 21.8 Å². The van der Waals surface area contributed by atoms with Crippen molar-refractivity contribution < 1.29 is 4.74 Å². The summed E-state index contributed by atoms with van der Waals surface area (Å²) in [5.41, 5.74) is 2.03. The largest absolute Gasteiger partial charge is 0.497 e. The molecule has 0 aliphatic heterocycles. The third kappa shape index (κ3) is 1.15. The molecule has 0 aliphatic rings. The standard InChI is InChI=1S/C11H9N3O/c1-15-7-2-3-8-9-5-12-13-6-11(9)14-10(8)4-7/h2-6,14H,1H3. The van der Waals surface area contributed by atoms with Gasteiger partial charge in [-0.2, -0.15) is 10.2 Å². The smallest absolute Gasteiger partial charge is 0.120 e. The van der Waals surface area contributed by atoms with Crippen LogP contribution in [-0.4, -0.2) is 22.3 Å². The van der Waals surface area contributed by atoms with Gasteiger partial charge in [0.05, 0.1) is 30.5 Å². The first kappa shape index (κ1) is 8.23. The normalized spacial score (nSPS) is 11.0. The number of aromatic nitrogens is 3. The molecule has 1 N–H and O–H groups in total. The summed E-state index contributed by atoms with van der Waals surface area (Å²) in [6, 6.07) is 5.93. The lowest BCUT2D eigenvalue weighted by Crippen LogP contribution is -1.80. The zero-order valence-electron chi connectivity index (χ0n) is 8.19. The summed E-state index contributed by atoms with van der Waals surface area (Å²) < 4.78 is 5.17. The van der Waals surface area contributed by atoms with Crippen LogP contribution in [0.2, 0.25) is 0 Å². The number of ether oxygens (including phenoxy) is 1. The van der Waals surface area contributed by atoms with Crippen molar-refractivity contribution in [2.75, 3.05) is 7.11 Å². The van der Waals surface area contributed by atoms with Crippen LogP contribution >= 0.6 is 0 Å². The minimum Gasteiger partial charge on any atom is -0.497 e. The fourth-order valence-electron chi connectivity index (χ4n) is 1.77. The van der Waals surface area contributed by atoms with Gasteiger partial charge in [-0.15, -0.1) is 0 Å². The van der Waals surface area contributed by atoms with Crippen LogP contribution in [0.3, 0.4) is 0 Å². The van der Waals surface area contributed by atoms with Gasteiger partial charge in [0, 0.05) is 16.8 Å². The van der Waals surface area contributed by atoms with E-state index in [0.717, 1.165) is 27.6 Å². The minimum atomic E-state index is 0.843. The van der Waals surface area contributed by atoms with Crippen molar-refractivity contribution in [3.05, 3.63) is 30.6 Å². The molecule has 1 aromatic carbocycles. The topological polar surface area (TPSA) is 50.8 Å². The number of rotatable bonds is 1. The maximum absolute atomic E-state index is 5.17. The average Bonchev–Trinajstić information content (AvgIpc) is 2.66. The fourth-order valence-corrected chi connectivity index (χ4v) is 1.77. The van der Waals surface area contributed by atoms with Gasteiger partial charge in [-0.1, -0.05) is 0 Å². The maximum Gasteiger partial charge on any atom is 0.120 e. The van der Waals surface area contributed by atoms with Gasteiger partial charge in [-0.05, 0) is 12.1 Å². The molecule has 0 amide bonds. The molecule has 4 heteroatoms. The summed E-state index contributed by atoms with van der Waals surface area (Å²) in [5.74, 6) is 0.843. The van der Waals surface area contributed by atoms with E-state index in [0.29, 0.717) is 0 Å². The summed E-state index contributed by atoms with van der Waals surface area (Å²) >= 11 is 0. The van der Waals surface area contributed by atoms with Crippen LogP contribution in [0.5, 0.6) is 5.75 Å². The summed E-state index contributed by atoms with van der Waals surface area (Å²) in [6.07, 6.45) is 3.49. The Bertz CT molecular complexity index is 630. The SMILES string of the molecule is COc1ccc2c(c1)[nH]c1cnncc12. The van der Waals surface area contributed by atoms with Gasteiger partial charge in [-0.25, -0.2) is 0 Å². The molecule has 0 saturated heterocycles. The number of hydrogen-bond donors (Lipinski definition) is 1. The number of methoxy groups -OCH3 is 1. The molecule has 0 atom stereocenters. The van der Waals surface area contributed by atoms with Gasteiger partial charge in [0.25, 0.3) is 0 Å². The molecule has 74 valence electrons. The predicted octanol–water partition coefficient (Wildman–Crippen LogP) is 2.12. The van der Waals surface area contributed by atoms with Gasteiger partial charge < -0.3 is 9.72 Å². The van der Waals surface area contributed by atoms with Crippen molar-refractivity contribution in [3.63, 3.8) is 0 Å². The monoisotopic (exact) mass is 199 g/mol. The van der Waals surface area contributed by atoms with Crippen LogP contribution in [0.1, 0.15) is 0 Å². The molecule has 4 nitrogen and oxygen atoms in total. The minimum absolute atomic E-state index is 0.843. The van der Waals surface area contributed by atoms with Crippen molar-refractivity contribution in [1.82, 2.24) is 15.2 Å². The van der Waals surface area contributed by atoms with E-state index in [2.05, 4.69) is 15.2 Å². The van der Waals surface area contributed by atoms with E-state index in [1.807, 2.05) is 18.2 Å². The molecule has 0 radical (unpaired) electrons.